The summed E-state index contributed by atoms with van der Waals surface area (Å²) in [6, 6.07) is 6.43. The molecule has 1 atom stereocenters. The zero-order valence-electron chi connectivity index (χ0n) is 12.3. The van der Waals surface area contributed by atoms with Crippen LogP contribution < -0.4 is 10.6 Å². The van der Waals surface area contributed by atoms with Crippen molar-refractivity contribution in [1.29, 1.82) is 0 Å². The summed E-state index contributed by atoms with van der Waals surface area (Å²) in [6.45, 7) is 9.11. The summed E-state index contributed by atoms with van der Waals surface area (Å²) < 4.78 is 6.27. The van der Waals surface area contributed by atoms with E-state index in [0.29, 0.717) is 5.92 Å². The second-order valence-corrected chi connectivity index (χ2v) is 6.18. The van der Waals surface area contributed by atoms with Crippen LogP contribution in [0.25, 0.3) is 0 Å². The van der Waals surface area contributed by atoms with Crippen molar-refractivity contribution in [3.05, 3.63) is 28.2 Å². The highest BCUT2D eigenvalue weighted by atomic mass is 79.9. The van der Waals surface area contributed by atoms with Crippen LogP contribution in [0.4, 0.5) is 5.69 Å². The Bertz CT molecular complexity index is 394. The molecule has 0 bridgehead atoms. The molecule has 0 aliphatic rings. The molecule has 0 amide bonds. The summed E-state index contributed by atoms with van der Waals surface area (Å²) in [7, 11) is 1.74. The molecule has 19 heavy (non-hydrogen) atoms. The summed E-state index contributed by atoms with van der Waals surface area (Å²) in [4.78, 5) is 2.35. The Morgan fingerprint density at radius 2 is 2.00 bits per heavy atom. The molecule has 0 saturated carbocycles. The number of anilines is 1. The third kappa shape index (κ3) is 5.13. The molecule has 0 spiro atoms. The number of nitrogens with zero attached hydrogens (tertiary/aromatic N) is 1. The maximum atomic E-state index is 5.94. The van der Waals surface area contributed by atoms with Gasteiger partial charge in [0.1, 0.15) is 0 Å². The lowest BCUT2D eigenvalue weighted by molar-refractivity contribution is 0.204. The second-order valence-electron chi connectivity index (χ2n) is 5.33. The lowest BCUT2D eigenvalue weighted by Gasteiger charge is -2.27. The van der Waals surface area contributed by atoms with Gasteiger partial charge in [-0.2, -0.15) is 0 Å². The van der Waals surface area contributed by atoms with Crippen molar-refractivity contribution in [2.75, 3.05) is 31.7 Å². The van der Waals surface area contributed by atoms with Crippen molar-refractivity contribution in [3.8, 4) is 0 Å². The summed E-state index contributed by atoms with van der Waals surface area (Å²) >= 11 is 3.61. The minimum atomic E-state index is 0.0425. The largest absolute Gasteiger partial charge is 0.383 e. The lowest BCUT2D eigenvalue weighted by atomic mass is 10.1. The first-order chi connectivity index (χ1) is 8.95. The van der Waals surface area contributed by atoms with Gasteiger partial charge in [-0.25, -0.2) is 0 Å². The molecule has 0 unspecified atom stereocenters. The van der Waals surface area contributed by atoms with E-state index in [1.807, 2.05) is 6.92 Å². The van der Waals surface area contributed by atoms with Gasteiger partial charge in [0, 0.05) is 36.4 Å². The van der Waals surface area contributed by atoms with Crippen LogP contribution in [0.15, 0.2) is 22.7 Å². The number of halogens is 1. The van der Waals surface area contributed by atoms with Gasteiger partial charge < -0.3 is 15.4 Å². The van der Waals surface area contributed by atoms with Crippen LogP contribution in [0.3, 0.4) is 0 Å². The van der Waals surface area contributed by atoms with E-state index in [1.165, 1.54) is 5.69 Å². The predicted octanol–water partition coefficient (Wildman–Crippen LogP) is 3.58. The average Bonchev–Trinajstić information content (AvgIpc) is 2.33. The molecule has 0 heterocycles. The van der Waals surface area contributed by atoms with E-state index < -0.39 is 0 Å². The summed E-state index contributed by atoms with van der Waals surface area (Å²) in [5, 5.41) is 0. The highest BCUT2D eigenvalue weighted by molar-refractivity contribution is 9.10. The van der Waals surface area contributed by atoms with Crippen molar-refractivity contribution in [1.82, 2.24) is 0 Å². The lowest BCUT2D eigenvalue weighted by Crippen LogP contribution is -2.31. The van der Waals surface area contributed by atoms with Gasteiger partial charge in [-0.15, -0.1) is 0 Å². The topological polar surface area (TPSA) is 38.5 Å². The highest BCUT2D eigenvalue weighted by Crippen LogP contribution is 2.27. The first-order valence-corrected chi connectivity index (χ1v) is 7.54. The van der Waals surface area contributed by atoms with Crippen LogP contribution in [-0.2, 0) is 4.74 Å². The summed E-state index contributed by atoms with van der Waals surface area (Å²) in [6.07, 6.45) is 0. The minimum Gasteiger partial charge on any atom is -0.383 e. The first-order valence-electron chi connectivity index (χ1n) is 6.74. The summed E-state index contributed by atoms with van der Waals surface area (Å²) in [5.41, 5.74) is 8.29. The molecule has 0 aliphatic carbocycles. The molecule has 1 rings (SSSR count). The van der Waals surface area contributed by atoms with Gasteiger partial charge in [0.15, 0.2) is 0 Å². The van der Waals surface area contributed by atoms with E-state index in [0.717, 1.165) is 29.7 Å². The van der Waals surface area contributed by atoms with Crippen LogP contribution in [0.2, 0.25) is 0 Å². The Labute approximate surface area is 125 Å². The Morgan fingerprint density at radius 1 is 1.32 bits per heavy atom. The van der Waals surface area contributed by atoms with Crippen LogP contribution in [-0.4, -0.2) is 26.8 Å². The monoisotopic (exact) mass is 328 g/mol. The average molecular weight is 329 g/mol. The van der Waals surface area contributed by atoms with E-state index >= 15 is 0 Å². The van der Waals surface area contributed by atoms with Gasteiger partial charge in [-0.3, -0.25) is 0 Å². The SMILES string of the molecule is COCCN(CC(C)C)c1ccc([C@H](C)N)c(Br)c1. The first kappa shape index (κ1) is 16.5. The molecule has 0 aliphatic heterocycles. The number of nitrogens with two attached hydrogens (primary N) is 1. The van der Waals surface area contributed by atoms with Crippen LogP contribution in [0, 0.1) is 5.92 Å². The third-order valence-corrected chi connectivity index (χ3v) is 3.68. The number of hydrogen-bond donors (Lipinski definition) is 1. The smallest absolute Gasteiger partial charge is 0.0637 e. The van der Waals surface area contributed by atoms with Crippen molar-refractivity contribution in [2.24, 2.45) is 11.7 Å². The molecule has 4 heteroatoms. The van der Waals surface area contributed by atoms with Gasteiger partial charge in [0.2, 0.25) is 0 Å². The van der Waals surface area contributed by atoms with Crippen molar-refractivity contribution in [2.45, 2.75) is 26.8 Å². The van der Waals surface area contributed by atoms with E-state index in [4.69, 9.17) is 10.5 Å². The molecule has 0 aromatic heterocycles. The van der Waals surface area contributed by atoms with E-state index in [1.54, 1.807) is 7.11 Å². The number of methoxy groups -OCH3 is 1. The fourth-order valence-electron chi connectivity index (χ4n) is 2.05. The van der Waals surface area contributed by atoms with Gasteiger partial charge >= 0.3 is 0 Å². The zero-order valence-corrected chi connectivity index (χ0v) is 13.9. The minimum absolute atomic E-state index is 0.0425. The van der Waals surface area contributed by atoms with E-state index in [2.05, 4.69) is 52.9 Å². The second kappa shape index (κ2) is 7.88. The number of rotatable bonds is 7. The van der Waals surface area contributed by atoms with Gasteiger partial charge in [0.05, 0.1) is 6.61 Å². The maximum Gasteiger partial charge on any atom is 0.0637 e. The van der Waals surface area contributed by atoms with Crippen molar-refractivity contribution in [3.63, 3.8) is 0 Å². The van der Waals surface area contributed by atoms with Crippen molar-refractivity contribution >= 4 is 21.6 Å². The Morgan fingerprint density at radius 3 is 2.47 bits per heavy atom. The van der Waals surface area contributed by atoms with Gasteiger partial charge in [0.25, 0.3) is 0 Å². The maximum absolute atomic E-state index is 5.94. The predicted molar refractivity (Wildman–Crippen MR) is 85.7 cm³/mol. The number of ether oxygens (including phenoxy) is 1. The fraction of sp³-hybridized carbons (Fsp3) is 0.600. The van der Waals surface area contributed by atoms with Gasteiger partial charge in [-0.05, 0) is 30.5 Å². The quantitative estimate of drug-likeness (QED) is 0.831. The third-order valence-electron chi connectivity index (χ3n) is 2.99. The molecule has 1 aromatic carbocycles. The number of benzene rings is 1. The number of hydrogen-bond acceptors (Lipinski definition) is 3. The van der Waals surface area contributed by atoms with Crippen LogP contribution in [0.1, 0.15) is 32.4 Å². The molecule has 2 N–H and O–H groups in total. The Kier molecular flexibility index (Phi) is 6.83. The molecule has 0 fully saturated rings. The fourth-order valence-corrected chi connectivity index (χ4v) is 2.78. The summed E-state index contributed by atoms with van der Waals surface area (Å²) in [5.74, 6) is 0.615. The highest BCUT2D eigenvalue weighted by Gasteiger charge is 2.11. The van der Waals surface area contributed by atoms with E-state index in [-0.39, 0.29) is 6.04 Å². The molecule has 0 radical (unpaired) electrons. The Hall–Kier alpha value is -0.580. The molecule has 108 valence electrons. The van der Waals surface area contributed by atoms with Crippen LogP contribution in [0.5, 0.6) is 0 Å². The zero-order chi connectivity index (χ0) is 14.4. The molecule has 0 saturated heterocycles. The van der Waals surface area contributed by atoms with E-state index in [9.17, 15) is 0 Å². The molecule has 3 nitrogen and oxygen atoms in total. The molecular formula is C15H25BrN2O. The van der Waals surface area contributed by atoms with Crippen LogP contribution >= 0.6 is 15.9 Å². The van der Waals surface area contributed by atoms with Gasteiger partial charge in [-0.1, -0.05) is 35.8 Å². The standard InChI is InChI=1S/C15H25BrN2O/c1-11(2)10-18(7-8-19-4)13-5-6-14(12(3)17)15(16)9-13/h5-6,9,11-12H,7-8,10,17H2,1-4H3/t12-/m0/s1. The molecule has 1 aromatic rings. The van der Waals surface area contributed by atoms with Crippen molar-refractivity contribution < 1.29 is 4.74 Å². The molecular weight excluding hydrogens is 304 g/mol. The normalized spacial score (nSPS) is 12.8. The Balaban J connectivity index is 2.92.